The van der Waals surface area contributed by atoms with Crippen LogP contribution >= 0.6 is 0 Å². The van der Waals surface area contributed by atoms with E-state index in [9.17, 15) is 24.0 Å². The summed E-state index contributed by atoms with van der Waals surface area (Å²) in [5, 5.41) is 15.5. The lowest BCUT2D eigenvalue weighted by Crippen LogP contribution is -2.54. The summed E-state index contributed by atoms with van der Waals surface area (Å²) < 4.78 is 18.0. The monoisotopic (exact) mass is 1130 g/mol. The van der Waals surface area contributed by atoms with Gasteiger partial charge in [0, 0.05) is 108 Å². The summed E-state index contributed by atoms with van der Waals surface area (Å²) >= 11 is 0. The molecule has 4 fully saturated rings. The number of hydrogen-bond donors (Lipinski definition) is 3. The van der Waals surface area contributed by atoms with Crippen molar-refractivity contribution >= 4 is 41.2 Å². The molecule has 2 heterocycles. The van der Waals surface area contributed by atoms with Gasteiger partial charge in [0.1, 0.15) is 17.1 Å². The maximum absolute atomic E-state index is 13.4. The van der Waals surface area contributed by atoms with Crippen molar-refractivity contribution in [1.82, 2.24) is 25.3 Å². The van der Waals surface area contributed by atoms with Gasteiger partial charge in [-0.2, -0.15) is 0 Å². The van der Waals surface area contributed by atoms with Gasteiger partial charge >= 0.3 is 12.1 Å². The van der Waals surface area contributed by atoms with Crippen LogP contribution in [0.5, 0.6) is 11.5 Å². The normalized spacial score (nSPS) is 21.5. The van der Waals surface area contributed by atoms with Crippen LogP contribution < -0.4 is 29.9 Å². The molecule has 2 saturated heterocycles. The van der Waals surface area contributed by atoms with Crippen LogP contribution in [0.3, 0.4) is 0 Å². The third-order valence-corrected chi connectivity index (χ3v) is 16.4. The van der Waals surface area contributed by atoms with Gasteiger partial charge in [-0.05, 0) is 188 Å². The van der Waals surface area contributed by atoms with Crippen molar-refractivity contribution in [1.29, 1.82) is 0 Å². The van der Waals surface area contributed by atoms with E-state index in [2.05, 4.69) is 78.5 Å². The molecule has 0 aromatic heterocycles. The molecule has 82 heavy (non-hydrogen) atoms. The van der Waals surface area contributed by atoms with Crippen molar-refractivity contribution in [2.24, 2.45) is 11.8 Å². The Morgan fingerprint density at radius 3 is 1.61 bits per heavy atom. The maximum atomic E-state index is 13.4. The molecule has 2 saturated carbocycles. The fraction of sp³-hybridized carbons (Fsp3) is 0.561. The third kappa shape index (κ3) is 18.8. The molecule has 4 aromatic carbocycles. The second kappa shape index (κ2) is 29.7. The van der Waals surface area contributed by atoms with Crippen molar-refractivity contribution in [3.8, 4) is 11.5 Å². The molecule has 0 spiro atoms. The zero-order valence-corrected chi connectivity index (χ0v) is 50.6. The third-order valence-electron chi connectivity index (χ3n) is 16.4. The van der Waals surface area contributed by atoms with Crippen molar-refractivity contribution in [3.05, 3.63) is 118 Å². The first kappa shape index (κ1) is 63.1. The highest BCUT2D eigenvalue weighted by Gasteiger charge is 2.34. The summed E-state index contributed by atoms with van der Waals surface area (Å²) in [7, 11) is 3.75. The van der Waals surface area contributed by atoms with Gasteiger partial charge in [0.2, 0.25) is 17.7 Å². The Morgan fingerprint density at radius 1 is 0.659 bits per heavy atom. The van der Waals surface area contributed by atoms with Crippen molar-refractivity contribution in [3.63, 3.8) is 0 Å². The van der Waals surface area contributed by atoms with E-state index in [4.69, 9.17) is 19.3 Å². The molecule has 0 bridgehead atoms. The van der Waals surface area contributed by atoms with Gasteiger partial charge in [-0.15, -0.1) is 0 Å². The van der Waals surface area contributed by atoms with Crippen LogP contribution in [0.1, 0.15) is 133 Å². The number of carboxylic acids is 1. The molecule has 446 valence electrons. The van der Waals surface area contributed by atoms with Gasteiger partial charge in [-0.25, -0.2) is 4.79 Å². The standard InChI is InChI=1S/C34H47N3O6.C32H46N4O3/c1-23-18-28(13-10-27(23)22-36-16-17-37(24(2)21-36)33(41)43-34(3,4)5)35(6)32(40)26-11-14-29(15-12-26)42-30-9-7-8-25(19-30)20-31(38)39;1-5-15-34-31(37)20-25-7-6-8-30(19-25)39-29-13-10-26(11-14-29)32(38)35(4)28-12-9-27(23(2)18-28)22-36-17-16-33-24(3)21-36/h7-10,13,18-19,24,26,29H,11-12,14-17,20-22H2,1-6H3,(H,38,39);6-9,12,18-19,24,26,29,33H,5,10-11,13-17,20-22H2,1-4H3,(H,34,37)/t2*24-,26?,29?/m00/s1. The molecule has 2 aliphatic carbocycles. The molecule has 4 aromatic rings. The quantitative estimate of drug-likeness (QED) is 0.0862. The molecule has 0 unspecified atom stereocenters. The van der Waals surface area contributed by atoms with Crippen LogP contribution in [-0.4, -0.2) is 139 Å². The van der Waals surface area contributed by atoms with Gasteiger partial charge in [0.25, 0.3) is 0 Å². The summed E-state index contributed by atoms with van der Waals surface area (Å²) in [5.74, 6) is 0.940. The second-order valence-electron chi connectivity index (χ2n) is 24.4. The molecule has 16 heteroatoms. The number of carboxylic acid groups (broad SMARTS) is 1. The molecule has 2 atom stereocenters. The number of carbonyl (C=O) groups excluding carboxylic acids is 4. The van der Waals surface area contributed by atoms with Crippen LogP contribution in [-0.2, 0) is 49.8 Å². The predicted molar refractivity (Wildman–Crippen MR) is 324 cm³/mol. The zero-order valence-electron chi connectivity index (χ0n) is 50.6. The Labute approximate surface area is 488 Å². The smallest absolute Gasteiger partial charge is 0.410 e. The van der Waals surface area contributed by atoms with Crippen LogP contribution in [0.4, 0.5) is 16.2 Å². The number of nitrogens with zero attached hydrogens (tertiary/aromatic N) is 5. The topological polar surface area (TPSA) is 174 Å². The number of amides is 4. The van der Waals surface area contributed by atoms with Crippen LogP contribution in [0.2, 0.25) is 0 Å². The van der Waals surface area contributed by atoms with Crippen molar-refractivity contribution in [2.75, 3.05) is 69.7 Å². The van der Waals surface area contributed by atoms with Crippen molar-refractivity contribution < 1.29 is 43.3 Å². The molecule has 4 amide bonds. The number of carbonyl (C=O) groups is 5. The second-order valence-corrected chi connectivity index (χ2v) is 24.4. The maximum Gasteiger partial charge on any atom is 0.410 e. The van der Waals surface area contributed by atoms with E-state index < -0.39 is 11.6 Å². The zero-order chi connectivity index (χ0) is 59.1. The molecule has 2 aliphatic heterocycles. The Morgan fingerprint density at radius 2 is 1.16 bits per heavy atom. The van der Waals surface area contributed by atoms with E-state index in [0.29, 0.717) is 36.9 Å². The minimum Gasteiger partial charge on any atom is -0.490 e. The van der Waals surface area contributed by atoms with E-state index in [0.717, 1.165) is 132 Å². The minimum atomic E-state index is -0.866. The Kier molecular flexibility index (Phi) is 22.8. The van der Waals surface area contributed by atoms with E-state index in [1.54, 1.807) is 17.0 Å². The summed E-state index contributed by atoms with van der Waals surface area (Å²) in [6, 6.07) is 28.3. The number of ether oxygens (including phenoxy) is 3. The SMILES string of the molecule is CCCNC(=O)Cc1cccc(OC2CCC(C(=O)N(C)c3ccc(CN4CCN[C@@H](C)C4)c(C)c3)CC2)c1.Cc1cc(N(C)C(=O)C2CCC(Oc3cccc(CC(=O)O)c3)CC2)ccc1CN1CCN(C(=O)OC(C)(C)C)[C@@H](C)C1. The molecular formula is C66H93N7O9. The van der Waals surface area contributed by atoms with E-state index in [-0.39, 0.29) is 60.3 Å². The largest absolute Gasteiger partial charge is 0.490 e. The van der Waals surface area contributed by atoms with E-state index in [1.807, 2.05) is 94.1 Å². The molecular weight excluding hydrogens is 1030 g/mol. The summed E-state index contributed by atoms with van der Waals surface area (Å²) in [6.45, 7) is 24.0. The number of benzene rings is 4. The van der Waals surface area contributed by atoms with E-state index in [1.165, 1.54) is 16.7 Å². The van der Waals surface area contributed by atoms with E-state index >= 15 is 0 Å². The Bertz CT molecular complexity index is 2780. The van der Waals surface area contributed by atoms with Gasteiger partial charge in [-0.3, -0.25) is 29.0 Å². The van der Waals surface area contributed by atoms with Gasteiger partial charge < -0.3 is 44.7 Å². The minimum absolute atomic E-state index is 0.0182. The highest BCUT2D eigenvalue weighted by molar-refractivity contribution is 5.95. The molecule has 4 aliphatic rings. The lowest BCUT2D eigenvalue weighted by atomic mass is 9.86. The molecule has 0 radical (unpaired) electrons. The Balaban J connectivity index is 0.000000237. The van der Waals surface area contributed by atoms with Gasteiger partial charge in [-0.1, -0.05) is 43.3 Å². The lowest BCUT2D eigenvalue weighted by Gasteiger charge is -2.40. The lowest BCUT2D eigenvalue weighted by molar-refractivity contribution is -0.136. The summed E-state index contributed by atoms with van der Waals surface area (Å²) in [5.41, 5.74) is 7.94. The fourth-order valence-corrected chi connectivity index (χ4v) is 11.7. The number of rotatable bonds is 18. The predicted octanol–water partition coefficient (Wildman–Crippen LogP) is 10.1. The number of nitrogens with one attached hydrogen (secondary N) is 2. The number of piperazine rings is 2. The summed E-state index contributed by atoms with van der Waals surface area (Å²) in [6.07, 6.45) is 7.56. The Hall–Kier alpha value is -6.49. The number of aliphatic carboxylic acids is 1. The average molecular weight is 1130 g/mol. The highest BCUT2D eigenvalue weighted by atomic mass is 16.6. The first-order chi connectivity index (χ1) is 39.1. The van der Waals surface area contributed by atoms with Gasteiger partial charge in [0.15, 0.2) is 0 Å². The summed E-state index contributed by atoms with van der Waals surface area (Å²) in [4.78, 5) is 72.7. The highest BCUT2D eigenvalue weighted by Crippen LogP contribution is 2.33. The average Bonchev–Trinajstić information content (AvgIpc) is 3.60. The fourth-order valence-electron chi connectivity index (χ4n) is 11.7. The number of hydrogen-bond acceptors (Lipinski definition) is 11. The molecule has 3 N–H and O–H groups in total. The van der Waals surface area contributed by atoms with Crippen LogP contribution in [0.25, 0.3) is 0 Å². The first-order valence-corrected chi connectivity index (χ1v) is 30.0. The van der Waals surface area contributed by atoms with Crippen LogP contribution in [0, 0.1) is 25.7 Å². The van der Waals surface area contributed by atoms with Crippen molar-refractivity contribution in [2.45, 2.75) is 169 Å². The molecule has 16 nitrogen and oxygen atoms in total. The number of aryl methyl sites for hydroxylation is 2. The first-order valence-electron chi connectivity index (χ1n) is 30.0. The number of anilines is 2. The molecule has 8 rings (SSSR count). The van der Waals surface area contributed by atoms with Gasteiger partial charge in [0.05, 0.1) is 25.0 Å². The van der Waals surface area contributed by atoms with Crippen LogP contribution in [0.15, 0.2) is 84.9 Å².